The molecule has 0 unspecified atom stereocenters. The van der Waals surface area contributed by atoms with E-state index in [9.17, 15) is 4.79 Å². The van der Waals surface area contributed by atoms with Gasteiger partial charge in [0.2, 0.25) is 0 Å². The van der Waals surface area contributed by atoms with E-state index >= 15 is 0 Å². The summed E-state index contributed by atoms with van der Waals surface area (Å²) in [5.41, 5.74) is 0.738. The topological polar surface area (TPSA) is 41.1 Å². The number of halogens is 2. The fourth-order valence-electron chi connectivity index (χ4n) is 2.02. The summed E-state index contributed by atoms with van der Waals surface area (Å²) in [6.45, 7) is 0. The zero-order valence-corrected chi connectivity index (χ0v) is 14.7. The van der Waals surface area contributed by atoms with Crippen molar-refractivity contribution in [1.82, 2.24) is 5.32 Å². The summed E-state index contributed by atoms with van der Waals surface area (Å²) in [5.74, 6) is -0.331. The van der Waals surface area contributed by atoms with Crippen molar-refractivity contribution in [3.63, 3.8) is 0 Å². The quantitative estimate of drug-likeness (QED) is 0.589. The fourth-order valence-corrected chi connectivity index (χ4v) is 3.76. The molecule has 23 heavy (non-hydrogen) atoms. The van der Waals surface area contributed by atoms with Gasteiger partial charge in [0.15, 0.2) is 5.11 Å². The van der Waals surface area contributed by atoms with E-state index in [1.807, 2.05) is 24.3 Å². The number of rotatable bonds is 2. The lowest BCUT2D eigenvalue weighted by molar-refractivity contribution is 0.0982. The van der Waals surface area contributed by atoms with E-state index in [1.54, 1.807) is 24.3 Å². The van der Waals surface area contributed by atoms with E-state index in [-0.39, 0.29) is 11.0 Å². The predicted molar refractivity (Wildman–Crippen MR) is 102 cm³/mol. The molecular formula is C16H10Cl2N2OS2. The van der Waals surface area contributed by atoms with Crippen LogP contribution >= 0.6 is 46.8 Å². The third kappa shape index (κ3) is 3.64. The number of anilines is 1. The molecule has 1 amide bonds. The lowest BCUT2D eigenvalue weighted by Gasteiger charge is -2.09. The predicted octanol–water partition coefficient (Wildman–Crippen LogP) is 5.33. The van der Waals surface area contributed by atoms with Crippen molar-refractivity contribution < 1.29 is 4.79 Å². The summed E-state index contributed by atoms with van der Waals surface area (Å²) in [6.07, 6.45) is 0. The molecule has 0 fully saturated rings. The number of thiocarbonyl (C=S) groups is 1. The molecule has 3 nitrogen and oxygen atoms in total. The van der Waals surface area contributed by atoms with Gasteiger partial charge in [0.25, 0.3) is 5.91 Å². The van der Waals surface area contributed by atoms with Crippen LogP contribution < -0.4 is 10.6 Å². The molecule has 0 radical (unpaired) electrons. The summed E-state index contributed by atoms with van der Waals surface area (Å²) in [5, 5.41) is 7.69. The zero-order chi connectivity index (χ0) is 16.4. The third-order valence-electron chi connectivity index (χ3n) is 3.07. The summed E-state index contributed by atoms with van der Waals surface area (Å²) >= 11 is 18.6. The Labute approximate surface area is 152 Å². The molecule has 0 atom stereocenters. The number of carbonyl (C=O) groups is 1. The van der Waals surface area contributed by atoms with Gasteiger partial charge in [-0.05, 0) is 42.5 Å². The summed E-state index contributed by atoms with van der Waals surface area (Å²) in [6, 6.07) is 14.6. The molecule has 1 heterocycles. The van der Waals surface area contributed by atoms with Crippen molar-refractivity contribution in [2.24, 2.45) is 0 Å². The lowest BCUT2D eigenvalue weighted by Crippen LogP contribution is -2.33. The maximum Gasteiger partial charge on any atom is 0.269 e. The van der Waals surface area contributed by atoms with Gasteiger partial charge in [0.1, 0.15) is 4.88 Å². The van der Waals surface area contributed by atoms with Crippen LogP contribution in [0.4, 0.5) is 5.69 Å². The van der Waals surface area contributed by atoms with E-state index in [4.69, 9.17) is 35.4 Å². The molecule has 0 saturated heterocycles. The van der Waals surface area contributed by atoms with Gasteiger partial charge in [-0.3, -0.25) is 10.1 Å². The second kappa shape index (κ2) is 6.84. The van der Waals surface area contributed by atoms with Crippen LogP contribution in [0, 0.1) is 0 Å². The van der Waals surface area contributed by atoms with Gasteiger partial charge >= 0.3 is 0 Å². The maximum atomic E-state index is 12.4. The number of amides is 1. The minimum absolute atomic E-state index is 0.200. The van der Waals surface area contributed by atoms with Crippen molar-refractivity contribution in [2.75, 3.05) is 5.32 Å². The molecule has 2 aromatic carbocycles. The molecule has 0 aliphatic rings. The molecule has 0 spiro atoms. The number of thiophene rings is 1. The minimum Gasteiger partial charge on any atom is -0.332 e. The fraction of sp³-hybridized carbons (Fsp3) is 0. The van der Waals surface area contributed by atoms with E-state index in [2.05, 4.69) is 10.6 Å². The molecule has 0 bridgehead atoms. The van der Waals surface area contributed by atoms with Crippen LogP contribution in [0.1, 0.15) is 9.67 Å². The van der Waals surface area contributed by atoms with Gasteiger partial charge in [0.05, 0.1) is 5.02 Å². The second-order valence-electron chi connectivity index (χ2n) is 4.66. The number of hydrogen-bond acceptors (Lipinski definition) is 3. The van der Waals surface area contributed by atoms with Gasteiger partial charge < -0.3 is 5.32 Å². The van der Waals surface area contributed by atoms with Gasteiger partial charge in [0, 0.05) is 20.8 Å². The Balaban J connectivity index is 1.73. The maximum absolute atomic E-state index is 12.4. The van der Waals surface area contributed by atoms with Crippen LogP contribution in [0.3, 0.4) is 0 Å². The first-order valence-electron chi connectivity index (χ1n) is 6.59. The highest BCUT2D eigenvalue weighted by atomic mass is 35.5. The van der Waals surface area contributed by atoms with Crippen molar-refractivity contribution in [3.8, 4) is 0 Å². The largest absolute Gasteiger partial charge is 0.332 e. The van der Waals surface area contributed by atoms with Gasteiger partial charge in [-0.25, -0.2) is 0 Å². The molecule has 3 rings (SSSR count). The smallest absolute Gasteiger partial charge is 0.269 e. The standard InChI is InChI=1S/C16H10Cl2N2OS2/c17-9-5-7-10(8-6-9)19-16(22)20-15(21)14-13(18)11-3-1-2-4-12(11)23-14/h1-8H,(H2,19,20,21,22). The zero-order valence-electron chi connectivity index (χ0n) is 11.6. The highest BCUT2D eigenvalue weighted by molar-refractivity contribution is 7.80. The van der Waals surface area contributed by atoms with Crippen LogP contribution in [0.5, 0.6) is 0 Å². The van der Waals surface area contributed by atoms with E-state index in [0.717, 1.165) is 15.8 Å². The summed E-state index contributed by atoms with van der Waals surface area (Å²) in [4.78, 5) is 12.8. The Hall–Kier alpha value is -1.66. The Morgan fingerprint density at radius 3 is 2.43 bits per heavy atom. The number of benzene rings is 2. The van der Waals surface area contributed by atoms with Crippen molar-refractivity contribution in [1.29, 1.82) is 0 Å². The second-order valence-corrected chi connectivity index (χ2v) is 6.93. The highest BCUT2D eigenvalue weighted by Gasteiger charge is 2.17. The first-order valence-corrected chi connectivity index (χ1v) is 8.57. The SMILES string of the molecule is O=C(NC(=S)Nc1ccc(Cl)cc1)c1sc2ccccc2c1Cl. The molecule has 7 heteroatoms. The Morgan fingerprint density at radius 2 is 1.74 bits per heavy atom. The lowest BCUT2D eigenvalue weighted by atomic mass is 10.2. The number of carbonyl (C=O) groups excluding carboxylic acids is 1. The van der Waals surface area contributed by atoms with Crippen LogP contribution in [0.2, 0.25) is 10.0 Å². The van der Waals surface area contributed by atoms with Gasteiger partial charge in [-0.1, -0.05) is 41.4 Å². The Morgan fingerprint density at radius 1 is 1.04 bits per heavy atom. The third-order valence-corrected chi connectivity index (χ3v) is 5.20. The molecular weight excluding hydrogens is 371 g/mol. The summed E-state index contributed by atoms with van der Waals surface area (Å²) < 4.78 is 0.958. The van der Waals surface area contributed by atoms with Crippen molar-refractivity contribution in [2.45, 2.75) is 0 Å². The highest BCUT2D eigenvalue weighted by Crippen LogP contribution is 2.34. The van der Waals surface area contributed by atoms with Crippen LogP contribution in [0.25, 0.3) is 10.1 Å². The minimum atomic E-state index is -0.331. The van der Waals surface area contributed by atoms with Crippen molar-refractivity contribution >= 4 is 73.5 Å². The number of hydrogen-bond donors (Lipinski definition) is 2. The normalized spacial score (nSPS) is 10.5. The molecule has 3 aromatic rings. The molecule has 2 N–H and O–H groups in total. The van der Waals surface area contributed by atoms with Gasteiger partial charge in [-0.15, -0.1) is 11.3 Å². The Kier molecular flexibility index (Phi) is 4.82. The molecule has 116 valence electrons. The van der Waals surface area contributed by atoms with E-state index < -0.39 is 0 Å². The number of fused-ring (bicyclic) bond motifs is 1. The average molecular weight is 381 g/mol. The number of nitrogens with one attached hydrogen (secondary N) is 2. The molecule has 0 saturated carbocycles. The monoisotopic (exact) mass is 380 g/mol. The van der Waals surface area contributed by atoms with E-state index in [0.29, 0.717) is 14.9 Å². The van der Waals surface area contributed by atoms with Crippen LogP contribution in [-0.4, -0.2) is 11.0 Å². The first kappa shape index (κ1) is 16.2. The summed E-state index contributed by atoms with van der Waals surface area (Å²) in [7, 11) is 0. The first-order chi connectivity index (χ1) is 11.0. The van der Waals surface area contributed by atoms with Gasteiger partial charge in [-0.2, -0.15) is 0 Å². The van der Waals surface area contributed by atoms with Crippen molar-refractivity contribution in [3.05, 3.63) is 63.5 Å². The van der Waals surface area contributed by atoms with Crippen LogP contribution in [-0.2, 0) is 0 Å². The average Bonchev–Trinajstić information content (AvgIpc) is 2.87. The van der Waals surface area contributed by atoms with Crippen LogP contribution in [0.15, 0.2) is 48.5 Å². The Bertz CT molecular complexity index is 891. The molecule has 0 aliphatic heterocycles. The molecule has 0 aliphatic carbocycles. The molecule has 1 aromatic heterocycles. The van der Waals surface area contributed by atoms with E-state index in [1.165, 1.54) is 11.3 Å².